The lowest BCUT2D eigenvalue weighted by Gasteiger charge is -2.19. The van der Waals surface area contributed by atoms with Crippen LogP contribution in [-0.4, -0.2) is 0 Å². The number of rotatable bonds is 7. The third-order valence-electron chi connectivity index (χ3n) is 4.17. The van der Waals surface area contributed by atoms with Crippen LogP contribution in [0.3, 0.4) is 0 Å². The van der Waals surface area contributed by atoms with E-state index in [1.807, 2.05) is 17.2 Å². The second-order valence-electron chi connectivity index (χ2n) is 6.08. The lowest BCUT2D eigenvalue weighted by atomic mass is 10.1. The standard InChI is InChI=1S/C21H24OS2/c1-2-3-4-5-6-11-17(22)16-24-20-14-9-7-12-18(20)23-19-13-8-10-15-21(19)24/h7-10,12-16H,2-6,11H2,1H3/b17-16-. The smallest absolute Gasteiger partial charge is 0.179 e. The van der Waals surface area contributed by atoms with Crippen LogP contribution in [0.2, 0.25) is 0 Å². The van der Waals surface area contributed by atoms with E-state index in [1.54, 1.807) is 0 Å². The Hall–Kier alpha value is -1.32. The van der Waals surface area contributed by atoms with E-state index < -0.39 is 0 Å². The quantitative estimate of drug-likeness (QED) is 0.358. The van der Waals surface area contributed by atoms with Crippen molar-refractivity contribution < 1.29 is 5.11 Å². The van der Waals surface area contributed by atoms with Gasteiger partial charge in [0.1, 0.15) is 5.41 Å². The Morgan fingerprint density at radius 1 is 0.917 bits per heavy atom. The van der Waals surface area contributed by atoms with E-state index in [9.17, 15) is 5.11 Å². The summed E-state index contributed by atoms with van der Waals surface area (Å²) in [7, 11) is -0.229. The molecule has 0 saturated heterocycles. The molecule has 0 atom stereocenters. The first kappa shape index (κ1) is 17.5. The monoisotopic (exact) mass is 356 g/mol. The molecule has 3 rings (SSSR count). The second kappa shape index (κ2) is 8.68. The average Bonchev–Trinajstić information content (AvgIpc) is 2.61. The molecule has 1 aliphatic heterocycles. The molecule has 126 valence electrons. The van der Waals surface area contributed by atoms with Crippen molar-refractivity contribution >= 4 is 22.7 Å². The fourth-order valence-corrected chi connectivity index (χ4v) is 6.44. The predicted molar refractivity (Wildman–Crippen MR) is 102 cm³/mol. The molecule has 0 aromatic heterocycles. The molecule has 0 fully saturated rings. The fourth-order valence-electron chi connectivity index (χ4n) is 2.89. The molecule has 3 heteroatoms. The number of hydrogen-bond acceptors (Lipinski definition) is 2. The van der Waals surface area contributed by atoms with E-state index in [1.165, 1.54) is 45.3 Å². The molecule has 1 heterocycles. The van der Waals surface area contributed by atoms with E-state index >= 15 is 0 Å². The first-order valence-corrected chi connectivity index (χ1v) is 10.9. The van der Waals surface area contributed by atoms with Crippen LogP contribution in [0.1, 0.15) is 45.4 Å². The van der Waals surface area contributed by atoms with Gasteiger partial charge in [-0.15, -0.1) is 0 Å². The van der Waals surface area contributed by atoms with Crippen molar-refractivity contribution in [2.45, 2.75) is 65.0 Å². The Kier molecular flexibility index (Phi) is 6.33. The van der Waals surface area contributed by atoms with Gasteiger partial charge in [-0.1, -0.05) is 80.8 Å². The highest BCUT2D eigenvalue weighted by Crippen LogP contribution is 2.45. The van der Waals surface area contributed by atoms with Gasteiger partial charge in [0.05, 0.1) is 20.7 Å². The van der Waals surface area contributed by atoms with E-state index in [-0.39, 0.29) is 10.9 Å². The maximum atomic E-state index is 12.5. The molecule has 1 aliphatic rings. The van der Waals surface area contributed by atoms with Crippen molar-refractivity contribution in [2.75, 3.05) is 0 Å². The van der Waals surface area contributed by atoms with Gasteiger partial charge < -0.3 is 5.11 Å². The van der Waals surface area contributed by atoms with E-state index in [0.29, 0.717) is 12.2 Å². The molecule has 0 unspecified atom stereocenters. The zero-order valence-corrected chi connectivity index (χ0v) is 15.8. The topological polar surface area (TPSA) is 23.1 Å². The third-order valence-corrected chi connectivity index (χ3v) is 7.74. The Labute approximate surface area is 152 Å². The van der Waals surface area contributed by atoms with Gasteiger partial charge in [-0.2, -0.15) is 0 Å². The normalized spacial score (nSPS) is 14.3. The van der Waals surface area contributed by atoms with Gasteiger partial charge >= 0.3 is 0 Å². The summed E-state index contributed by atoms with van der Waals surface area (Å²) in [6, 6.07) is 17.0. The first-order chi connectivity index (χ1) is 11.8. The average molecular weight is 357 g/mol. The Bertz CT molecular complexity index is 663. The van der Waals surface area contributed by atoms with Crippen LogP contribution in [-0.2, 0) is 10.9 Å². The summed E-state index contributed by atoms with van der Waals surface area (Å²) in [6.07, 6.45) is 6.65. The van der Waals surface area contributed by atoms with Gasteiger partial charge in [0, 0.05) is 0 Å². The van der Waals surface area contributed by atoms with E-state index in [2.05, 4.69) is 55.5 Å². The van der Waals surface area contributed by atoms with Gasteiger partial charge in [0.2, 0.25) is 0 Å². The van der Waals surface area contributed by atoms with E-state index in [0.717, 1.165) is 6.42 Å². The van der Waals surface area contributed by atoms with Gasteiger partial charge in [-0.3, -0.25) is 0 Å². The van der Waals surface area contributed by atoms with Crippen LogP contribution in [0.25, 0.3) is 0 Å². The van der Waals surface area contributed by atoms with Crippen LogP contribution in [0, 0.1) is 0 Å². The summed E-state index contributed by atoms with van der Waals surface area (Å²) >= 11 is 1.82. The summed E-state index contributed by atoms with van der Waals surface area (Å²) in [5.41, 5.74) is 0. The fraction of sp³-hybridized carbons (Fsp3) is 0.333. The Morgan fingerprint density at radius 2 is 1.50 bits per heavy atom. The molecule has 0 saturated carbocycles. The van der Waals surface area contributed by atoms with Crippen LogP contribution in [0.5, 0.6) is 0 Å². The highest BCUT2D eigenvalue weighted by atomic mass is 32.2. The highest BCUT2D eigenvalue weighted by Gasteiger charge is 2.33. The maximum absolute atomic E-state index is 12.5. The predicted octanol–water partition coefficient (Wildman–Crippen LogP) is 5.75. The number of allylic oxidation sites excluding steroid dienone is 1. The van der Waals surface area contributed by atoms with Crippen molar-refractivity contribution in [1.82, 2.24) is 0 Å². The molecule has 0 N–H and O–H groups in total. The zero-order chi connectivity index (χ0) is 16.8. The summed E-state index contributed by atoms with van der Waals surface area (Å²) in [5.74, 6) is 0.298. The van der Waals surface area contributed by atoms with Crippen LogP contribution in [0.15, 0.2) is 79.3 Å². The Balaban J connectivity index is 1.78. The molecule has 2 aromatic rings. The molecule has 2 aromatic carbocycles. The van der Waals surface area contributed by atoms with Crippen molar-refractivity contribution in [3.63, 3.8) is 0 Å². The second-order valence-corrected chi connectivity index (χ2v) is 8.96. The lowest BCUT2D eigenvalue weighted by molar-refractivity contribution is -0.306. The molecular weight excluding hydrogens is 332 g/mol. The molecule has 0 aliphatic carbocycles. The van der Waals surface area contributed by atoms with E-state index in [4.69, 9.17) is 0 Å². The third kappa shape index (κ3) is 4.20. The van der Waals surface area contributed by atoms with Crippen LogP contribution < -0.4 is 5.11 Å². The van der Waals surface area contributed by atoms with Gasteiger partial charge in [-0.05, 0) is 30.7 Å². The molecule has 1 nitrogen and oxygen atoms in total. The number of hydrogen-bond donors (Lipinski definition) is 0. The largest absolute Gasteiger partial charge is 0.872 e. The minimum atomic E-state index is -0.229. The van der Waals surface area contributed by atoms with Gasteiger partial charge in [0.25, 0.3) is 0 Å². The molecule has 24 heavy (non-hydrogen) atoms. The zero-order valence-electron chi connectivity index (χ0n) is 14.2. The maximum Gasteiger partial charge on any atom is 0.179 e. The van der Waals surface area contributed by atoms with Crippen molar-refractivity contribution in [2.24, 2.45) is 0 Å². The van der Waals surface area contributed by atoms with Crippen molar-refractivity contribution in [3.05, 3.63) is 59.7 Å². The highest BCUT2D eigenvalue weighted by molar-refractivity contribution is 8.05. The number of benzene rings is 2. The SMILES string of the molecule is CCCCCCC/C([O-])=C/[S+]1c2ccccc2Sc2ccccc21. The van der Waals surface area contributed by atoms with Crippen molar-refractivity contribution in [3.8, 4) is 0 Å². The summed E-state index contributed by atoms with van der Waals surface area (Å²) < 4.78 is 0. The molecule has 0 bridgehead atoms. The lowest BCUT2D eigenvalue weighted by Crippen LogP contribution is -2.12. The minimum absolute atomic E-state index is 0.229. The first-order valence-electron chi connectivity index (χ1n) is 8.76. The molecule has 0 amide bonds. The summed E-state index contributed by atoms with van der Waals surface area (Å²) in [4.78, 5) is 5.15. The number of fused-ring (bicyclic) bond motifs is 2. The van der Waals surface area contributed by atoms with Crippen LogP contribution in [0.4, 0.5) is 0 Å². The minimum Gasteiger partial charge on any atom is -0.872 e. The molecular formula is C21H24OS2. The van der Waals surface area contributed by atoms with Gasteiger partial charge in [0.15, 0.2) is 9.79 Å². The van der Waals surface area contributed by atoms with Gasteiger partial charge in [-0.25, -0.2) is 0 Å². The Morgan fingerprint density at radius 3 is 2.12 bits per heavy atom. The van der Waals surface area contributed by atoms with Crippen molar-refractivity contribution in [1.29, 1.82) is 0 Å². The number of unbranched alkanes of at least 4 members (excludes halogenated alkanes) is 4. The molecule has 0 radical (unpaired) electrons. The molecule has 0 spiro atoms. The summed E-state index contributed by atoms with van der Waals surface area (Å²) in [5, 5.41) is 14.5. The summed E-state index contributed by atoms with van der Waals surface area (Å²) in [6.45, 7) is 2.22. The van der Waals surface area contributed by atoms with Crippen LogP contribution >= 0.6 is 11.8 Å².